The third-order valence-corrected chi connectivity index (χ3v) is 6.26. The van der Waals surface area contributed by atoms with Crippen molar-refractivity contribution in [1.82, 2.24) is 19.9 Å². The van der Waals surface area contributed by atoms with Gasteiger partial charge in [0.05, 0.1) is 10.3 Å². The molecular formula is C25H27N5O2S. The van der Waals surface area contributed by atoms with Gasteiger partial charge in [-0.3, -0.25) is 19.9 Å². The molecule has 0 aliphatic rings. The number of hydrogen-bond donors (Lipinski definition) is 2. The maximum atomic E-state index is 13.1. The summed E-state index contributed by atoms with van der Waals surface area (Å²) in [6.07, 6.45) is 3.60. The lowest BCUT2D eigenvalue weighted by Gasteiger charge is -2.21. The van der Waals surface area contributed by atoms with Gasteiger partial charge in [-0.15, -0.1) is 0 Å². The van der Waals surface area contributed by atoms with Gasteiger partial charge in [0.2, 0.25) is 0 Å². The lowest BCUT2D eigenvalue weighted by atomic mass is 10.1. The van der Waals surface area contributed by atoms with Crippen molar-refractivity contribution in [1.29, 1.82) is 0 Å². The summed E-state index contributed by atoms with van der Waals surface area (Å²) in [6, 6.07) is 11.2. The molecule has 0 aliphatic carbocycles. The molecule has 4 aromatic rings. The Morgan fingerprint density at radius 2 is 1.76 bits per heavy atom. The first-order chi connectivity index (χ1) is 15.6. The SMILES string of the molecule is Cc1ccc(C(=O)Nc2nc3c(s2)c(C(=O)NCc2ccc(C)nc2)cn3C(C)(C)C)cc1. The number of fused-ring (bicyclic) bond motifs is 1. The standard InChI is InChI=1S/C25H27N5O2S/c1-15-6-10-18(11-7-15)22(31)29-24-28-21-20(33-24)19(14-30(21)25(3,4)5)23(32)27-13-17-9-8-16(2)26-12-17/h6-12,14H,13H2,1-5H3,(H,27,32)(H,28,29,31). The Hall–Kier alpha value is -3.52. The number of aryl methyl sites for hydroxylation is 2. The summed E-state index contributed by atoms with van der Waals surface area (Å²) in [5, 5.41) is 6.31. The van der Waals surface area contributed by atoms with Crippen LogP contribution in [0.5, 0.6) is 0 Å². The molecule has 0 bridgehead atoms. The molecule has 0 saturated heterocycles. The van der Waals surface area contributed by atoms with Crippen LogP contribution < -0.4 is 10.6 Å². The van der Waals surface area contributed by atoms with Crippen molar-refractivity contribution < 1.29 is 9.59 Å². The summed E-state index contributed by atoms with van der Waals surface area (Å²) in [7, 11) is 0. The highest BCUT2D eigenvalue weighted by atomic mass is 32.1. The summed E-state index contributed by atoms with van der Waals surface area (Å²) >= 11 is 1.30. The number of pyridine rings is 1. The van der Waals surface area contributed by atoms with Crippen LogP contribution in [0.1, 0.15) is 58.3 Å². The van der Waals surface area contributed by atoms with Crippen LogP contribution in [0.4, 0.5) is 5.13 Å². The minimum absolute atomic E-state index is 0.191. The molecule has 0 fully saturated rings. The van der Waals surface area contributed by atoms with Gasteiger partial charge in [0.1, 0.15) is 0 Å². The minimum Gasteiger partial charge on any atom is -0.348 e. The molecule has 0 radical (unpaired) electrons. The summed E-state index contributed by atoms with van der Waals surface area (Å²) in [5.74, 6) is -0.421. The highest BCUT2D eigenvalue weighted by Gasteiger charge is 2.25. The van der Waals surface area contributed by atoms with E-state index in [1.165, 1.54) is 11.3 Å². The smallest absolute Gasteiger partial charge is 0.257 e. The van der Waals surface area contributed by atoms with Crippen LogP contribution in [0, 0.1) is 13.8 Å². The van der Waals surface area contributed by atoms with E-state index < -0.39 is 0 Å². The number of aromatic nitrogens is 3. The number of thiazole rings is 1. The van der Waals surface area contributed by atoms with Gasteiger partial charge in [-0.25, -0.2) is 4.98 Å². The Morgan fingerprint density at radius 3 is 2.39 bits per heavy atom. The Bertz CT molecular complexity index is 1310. The normalized spacial score (nSPS) is 11.5. The van der Waals surface area contributed by atoms with Crippen LogP contribution in [0.3, 0.4) is 0 Å². The average molecular weight is 462 g/mol. The van der Waals surface area contributed by atoms with Crippen molar-refractivity contribution in [2.75, 3.05) is 5.32 Å². The fraction of sp³-hybridized carbons (Fsp3) is 0.280. The summed E-state index contributed by atoms with van der Waals surface area (Å²) in [5.41, 5.74) is 4.42. The topological polar surface area (TPSA) is 88.9 Å². The van der Waals surface area contributed by atoms with Gasteiger partial charge in [0.25, 0.3) is 11.8 Å². The Morgan fingerprint density at radius 1 is 1.03 bits per heavy atom. The summed E-state index contributed by atoms with van der Waals surface area (Å²) < 4.78 is 2.71. The number of carbonyl (C=O) groups excluding carboxylic acids is 2. The van der Waals surface area contributed by atoms with Crippen molar-refractivity contribution >= 4 is 38.6 Å². The summed E-state index contributed by atoms with van der Waals surface area (Å²) in [6.45, 7) is 10.4. The number of anilines is 1. The van der Waals surface area contributed by atoms with Gasteiger partial charge >= 0.3 is 0 Å². The van der Waals surface area contributed by atoms with Gasteiger partial charge < -0.3 is 9.88 Å². The average Bonchev–Trinajstić information content (AvgIpc) is 3.31. The monoisotopic (exact) mass is 461 g/mol. The highest BCUT2D eigenvalue weighted by molar-refractivity contribution is 7.22. The zero-order valence-corrected chi connectivity index (χ0v) is 20.2. The van der Waals surface area contributed by atoms with Gasteiger partial charge in [-0.2, -0.15) is 0 Å². The Labute approximate surface area is 196 Å². The number of hydrogen-bond acceptors (Lipinski definition) is 5. The van der Waals surface area contributed by atoms with E-state index in [0.29, 0.717) is 28.5 Å². The maximum absolute atomic E-state index is 13.1. The van der Waals surface area contributed by atoms with Gasteiger partial charge in [0, 0.05) is 35.7 Å². The first kappa shape index (κ1) is 22.7. The molecule has 0 unspecified atom stereocenters. The molecule has 0 saturated carbocycles. The maximum Gasteiger partial charge on any atom is 0.257 e. The van der Waals surface area contributed by atoms with E-state index in [1.54, 1.807) is 18.3 Å². The molecule has 0 aliphatic heterocycles. The van der Waals surface area contributed by atoms with Gasteiger partial charge in [-0.05, 0) is 58.4 Å². The minimum atomic E-state index is -0.288. The molecule has 7 nitrogen and oxygen atoms in total. The largest absolute Gasteiger partial charge is 0.348 e. The van der Waals surface area contributed by atoms with E-state index in [-0.39, 0.29) is 17.4 Å². The van der Waals surface area contributed by atoms with Gasteiger partial charge in [0.15, 0.2) is 10.8 Å². The molecule has 33 heavy (non-hydrogen) atoms. The van der Waals surface area contributed by atoms with Crippen LogP contribution in [0.25, 0.3) is 10.3 Å². The van der Waals surface area contributed by atoms with E-state index in [9.17, 15) is 9.59 Å². The number of carbonyl (C=O) groups is 2. The molecule has 0 atom stereocenters. The van der Waals surface area contributed by atoms with Crippen LogP contribution in [0.15, 0.2) is 48.8 Å². The van der Waals surface area contributed by atoms with Crippen molar-refractivity contribution in [3.63, 3.8) is 0 Å². The van der Waals surface area contributed by atoms with Crippen LogP contribution in [-0.2, 0) is 12.1 Å². The van der Waals surface area contributed by atoms with E-state index in [1.807, 2.05) is 48.9 Å². The lowest BCUT2D eigenvalue weighted by molar-refractivity contribution is 0.0951. The number of benzene rings is 1. The predicted molar refractivity (Wildman–Crippen MR) is 132 cm³/mol. The van der Waals surface area contributed by atoms with Crippen LogP contribution in [0.2, 0.25) is 0 Å². The fourth-order valence-electron chi connectivity index (χ4n) is 3.38. The fourth-order valence-corrected chi connectivity index (χ4v) is 4.34. The van der Waals surface area contributed by atoms with Crippen molar-refractivity contribution in [2.45, 2.75) is 46.7 Å². The zero-order valence-electron chi connectivity index (χ0n) is 19.4. The second-order valence-electron chi connectivity index (χ2n) is 9.07. The zero-order chi connectivity index (χ0) is 23.8. The van der Waals surface area contributed by atoms with Crippen LogP contribution in [-0.4, -0.2) is 26.3 Å². The number of rotatable bonds is 5. The number of nitrogens with one attached hydrogen (secondary N) is 2. The Balaban J connectivity index is 1.61. The molecule has 4 rings (SSSR count). The van der Waals surface area contributed by atoms with Gasteiger partial charge in [-0.1, -0.05) is 35.1 Å². The molecule has 2 N–H and O–H groups in total. The molecular weight excluding hydrogens is 434 g/mol. The van der Waals surface area contributed by atoms with E-state index in [2.05, 4.69) is 41.4 Å². The molecule has 170 valence electrons. The molecule has 3 heterocycles. The molecule has 3 aromatic heterocycles. The predicted octanol–water partition coefficient (Wildman–Crippen LogP) is 5.05. The van der Waals surface area contributed by atoms with E-state index in [0.717, 1.165) is 21.5 Å². The first-order valence-electron chi connectivity index (χ1n) is 10.7. The van der Waals surface area contributed by atoms with E-state index in [4.69, 9.17) is 0 Å². The second-order valence-corrected chi connectivity index (χ2v) is 10.1. The number of nitrogens with zero attached hydrogens (tertiary/aromatic N) is 3. The second kappa shape index (κ2) is 8.78. The van der Waals surface area contributed by atoms with Crippen molar-refractivity contribution in [3.8, 4) is 0 Å². The molecule has 8 heteroatoms. The molecule has 0 spiro atoms. The number of amides is 2. The van der Waals surface area contributed by atoms with Crippen LogP contribution >= 0.6 is 11.3 Å². The van der Waals surface area contributed by atoms with Crippen molar-refractivity contribution in [2.24, 2.45) is 0 Å². The third-order valence-electron chi connectivity index (χ3n) is 5.27. The molecule has 1 aromatic carbocycles. The van der Waals surface area contributed by atoms with E-state index >= 15 is 0 Å². The first-order valence-corrected chi connectivity index (χ1v) is 11.5. The quantitative estimate of drug-likeness (QED) is 0.435. The lowest BCUT2D eigenvalue weighted by Crippen LogP contribution is -2.24. The molecule has 2 amide bonds. The van der Waals surface area contributed by atoms with Crippen molar-refractivity contribution in [3.05, 3.63) is 76.7 Å². The summed E-state index contributed by atoms with van der Waals surface area (Å²) in [4.78, 5) is 34.7. The third kappa shape index (κ3) is 4.96. The Kier molecular flexibility index (Phi) is 6.03. The highest BCUT2D eigenvalue weighted by Crippen LogP contribution is 2.34.